The summed E-state index contributed by atoms with van der Waals surface area (Å²) in [6.07, 6.45) is 2.10. The maximum absolute atomic E-state index is 9.12. The second-order valence-electron chi connectivity index (χ2n) is 3.81. The molecule has 4 heteroatoms. The highest BCUT2D eigenvalue weighted by Crippen LogP contribution is 2.26. The Morgan fingerprint density at radius 1 is 1.41 bits per heavy atom. The molecule has 0 fully saturated rings. The van der Waals surface area contributed by atoms with Crippen LogP contribution in [0.5, 0.6) is 0 Å². The highest BCUT2D eigenvalue weighted by Gasteiger charge is 2.12. The zero-order valence-electron chi connectivity index (χ0n) is 9.99. The third-order valence-corrected chi connectivity index (χ3v) is 2.91. The zero-order chi connectivity index (χ0) is 12.7. The van der Waals surface area contributed by atoms with Gasteiger partial charge in [0.25, 0.3) is 0 Å². The van der Waals surface area contributed by atoms with E-state index in [1.54, 1.807) is 6.07 Å². The molecule has 1 N–H and O–H groups in total. The summed E-state index contributed by atoms with van der Waals surface area (Å²) in [4.78, 5) is 2.01. The molecule has 0 aromatic heterocycles. The molecule has 92 valence electrons. The maximum Gasteiger partial charge on any atom is 0.103 e. The molecule has 17 heavy (non-hydrogen) atoms. The average Bonchev–Trinajstić information content (AvgIpc) is 2.34. The van der Waals surface area contributed by atoms with Crippen LogP contribution in [-0.2, 0) is 0 Å². The fraction of sp³-hybridized carbons (Fsp3) is 0.462. The Morgan fingerprint density at radius 2 is 2.18 bits per heavy atom. The van der Waals surface area contributed by atoms with E-state index in [0.29, 0.717) is 17.1 Å². The molecule has 0 saturated carbocycles. The van der Waals surface area contributed by atoms with Crippen LogP contribution < -0.4 is 4.90 Å². The lowest BCUT2D eigenvalue weighted by Crippen LogP contribution is -2.28. The van der Waals surface area contributed by atoms with Crippen molar-refractivity contribution in [3.8, 4) is 6.07 Å². The van der Waals surface area contributed by atoms with Gasteiger partial charge in [0.05, 0.1) is 22.9 Å². The molecule has 0 aliphatic carbocycles. The molecule has 1 aromatic rings. The Bertz CT molecular complexity index is 401. The van der Waals surface area contributed by atoms with Crippen molar-refractivity contribution in [2.24, 2.45) is 0 Å². The lowest BCUT2D eigenvalue weighted by molar-refractivity contribution is 0.301. The lowest BCUT2D eigenvalue weighted by atomic mass is 10.1. The standard InChI is InChI=1S/C13H17ClN2O/c1-2-3-7-16(8-9-17)13-6-4-5-12(14)11(13)10-15/h4-6,17H,2-3,7-9H2,1H3. The Labute approximate surface area is 107 Å². The van der Waals surface area contributed by atoms with Gasteiger partial charge < -0.3 is 10.0 Å². The summed E-state index contributed by atoms with van der Waals surface area (Å²) in [7, 11) is 0. The van der Waals surface area contributed by atoms with Crippen LogP contribution >= 0.6 is 11.6 Å². The second kappa shape index (κ2) is 7.16. The molecule has 0 amide bonds. The number of aliphatic hydroxyl groups excluding tert-OH is 1. The summed E-state index contributed by atoms with van der Waals surface area (Å²) in [5, 5.41) is 18.7. The highest BCUT2D eigenvalue weighted by atomic mass is 35.5. The number of halogens is 1. The molecule has 0 aliphatic heterocycles. The Morgan fingerprint density at radius 3 is 2.76 bits per heavy atom. The summed E-state index contributed by atoms with van der Waals surface area (Å²) in [5.41, 5.74) is 1.29. The number of benzene rings is 1. The van der Waals surface area contributed by atoms with E-state index in [0.717, 1.165) is 25.1 Å². The van der Waals surface area contributed by atoms with Gasteiger partial charge in [0.2, 0.25) is 0 Å². The Kier molecular flexibility index (Phi) is 5.82. The van der Waals surface area contributed by atoms with Crippen LogP contribution in [-0.4, -0.2) is 24.8 Å². The second-order valence-corrected chi connectivity index (χ2v) is 4.22. The third kappa shape index (κ3) is 3.62. The van der Waals surface area contributed by atoms with Crippen molar-refractivity contribution in [1.82, 2.24) is 0 Å². The van der Waals surface area contributed by atoms with Crippen molar-refractivity contribution in [3.63, 3.8) is 0 Å². The molecule has 0 spiro atoms. The van der Waals surface area contributed by atoms with Gasteiger partial charge in [-0.1, -0.05) is 31.0 Å². The minimum Gasteiger partial charge on any atom is -0.395 e. The topological polar surface area (TPSA) is 47.3 Å². The average molecular weight is 253 g/mol. The number of nitriles is 1. The number of hydrogen-bond donors (Lipinski definition) is 1. The van der Waals surface area contributed by atoms with Gasteiger partial charge in [0, 0.05) is 13.1 Å². The van der Waals surface area contributed by atoms with Gasteiger partial charge >= 0.3 is 0 Å². The van der Waals surface area contributed by atoms with Crippen molar-refractivity contribution >= 4 is 17.3 Å². The lowest BCUT2D eigenvalue weighted by Gasteiger charge is -2.25. The largest absolute Gasteiger partial charge is 0.395 e. The first-order chi connectivity index (χ1) is 8.24. The van der Waals surface area contributed by atoms with Crippen LogP contribution in [0.15, 0.2) is 18.2 Å². The molecule has 0 unspecified atom stereocenters. The van der Waals surface area contributed by atoms with Crippen molar-refractivity contribution in [2.75, 3.05) is 24.6 Å². The molecule has 3 nitrogen and oxygen atoms in total. The van der Waals surface area contributed by atoms with E-state index in [2.05, 4.69) is 13.0 Å². The molecule has 0 atom stereocenters. The maximum atomic E-state index is 9.12. The SMILES string of the molecule is CCCCN(CCO)c1cccc(Cl)c1C#N. The molecule has 0 radical (unpaired) electrons. The Hall–Kier alpha value is -1.24. The van der Waals surface area contributed by atoms with E-state index in [-0.39, 0.29) is 6.61 Å². The number of rotatable bonds is 6. The Balaban J connectivity index is 3.01. The van der Waals surface area contributed by atoms with Gasteiger partial charge in [-0.25, -0.2) is 0 Å². The van der Waals surface area contributed by atoms with E-state index in [1.165, 1.54) is 0 Å². The molecule has 1 aromatic carbocycles. The minimum atomic E-state index is 0.0705. The van der Waals surface area contributed by atoms with Gasteiger partial charge in [-0.3, -0.25) is 0 Å². The molecule has 0 bridgehead atoms. The molecular weight excluding hydrogens is 236 g/mol. The van der Waals surface area contributed by atoms with E-state index in [1.807, 2.05) is 17.0 Å². The molecule has 1 rings (SSSR count). The van der Waals surface area contributed by atoms with Crippen LogP contribution in [0.4, 0.5) is 5.69 Å². The smallest absolute Gasteiger partial charge is 0.103 e. The highest BCUT2D eigenvalue weighted by molar-refractivity contribution is 6.32. The number of unbranched alkanes of at least 4 members (excludes halogenated alkanes) is 1. The zero-order valence-corrected chi connectivity index (χ0v) is 10.7. The first-order valence-corrected chi connectivity index (χ1v) is 6.16. The number of nitrogens with zero attached hydrogens (tertiary/aromatic N) is 2. The number of anilines is 1. The van der Waals surface area contributed by atoms with Crippen molar-refractivity contribution in [1.29, 1.82) is 5.26 Å². The van der Waals surface area contributed by atoms with E-state index >= 15 is 0 Å². The third-order valence-electron chi connectivity index (χ3n) is 2.60. The van der Waals surface area contributed by atoms with Crippen molar-refractivity contribution in [2.45, 2.75) is 19.8 Å². The van der Waals surface area contributed by atoms with Crippen LogP contribution in [0.3, 0.4) is 0 Å². The van der Waals surface area contributed by atoms with E-state index in [9.17, 15) is 0 Å². The first-order valence-electron chi connectivity index (χ1n) is 5.79. The number of hydrogen-bond acceptors (Lipinski definition) is 3. The minimum absolute atomic E-state index is 0.0705. The van der Waals surface area contributed by atoms with Gasteiger partial charge in [0.15, 0.2) is 0 Å². The fourth-order valence-electron chi connectivity index (χ4n) is 1.71. The van der Waals surface area contributed by atoms with E-state index < -0.39 is 0 Å². The van der Waals surface area contributed by atoms with Crippen LogP contribution in [0.25, 0.3) is 0 Å². The number of aliphatic hydroxyl groups is 1. The molecule has 0 heterocycles. The van der Waals surface area contributed by atoms with Gasteiger partial charge in [-0.2, -0.15) is 5.26 Å². The van der Waals surface area contributed by atoms with Crippen LogP contribution in [0, 0.1) is 11.3 Å². The predicted molar refractivity (Wildman–Crippen MR) is 70.4 cm³/mol. The summed E-state index contributed by atoms with van der Waals surface area (Å²) in [5.74, 6) is 0. The molecular formula is C13H17ClN2O. The quantitative estimate of drug-likeness (QED) is 0.847. The summed E-state index contributed by atoms with van der Waals surface area (Å²) < 4.78 is 0. The van der Waals surface area contributed by atoms with Crippen molar-refractivity contribution < 1.29 is 5.11 Å². The van der Waals surface area contributed by atoms with Gasteiger partial charge in [-0.05, 0) is 18.6 Å². The summed E-state index contributed by atoms with van der Waals surface area (Å²) in [6, 6.07) is 7.53. The molecule has 0 aliphatic rings. The summed E-state index contributed by atoms with van der Waals surface area (Å²) in [6.45, 7) is 3.53. The predicted octanol–water partition coefficient (Wildman–Crippen LogP) is 2.81. The fourth-order valence-corrected chi connectivity index (χ4v) is 1.92. The summed E-state index contributed by atoms with van der Waals surface area (Å²) >= 11 is 6.00. The van der Waals surface area contributed by atoms with Crippen LogP contribution in [0.2, 0.25) is 5.02 Å². The van der Waals surface area contributed by atoms with Crippen LogP contribution in [0.1, 0.15) is 25.3 Å². The monoisotopic (exact) mass is 252 g/mol. The van der Waals surface area contributed by atoms with Gasteiger partial charge in [0.1, 0.15) is 6.07 Å². The van der Waals surface area contributed by atoms with Gasteiger partial charge in [-0.15, -0.1) is 0 Å². The molecule has 0 saturated heterocycles. The first kappa shape index (κ1) is 13.8. The van der Waals surface area contributed by atoms with Crippen molar-refractivity contribution in [3.05, 3.63) is 28.8 Å². The normalized spacial score (nSPS) is 10.0. The van der Waals surface area contributed by atoms with E-state index in [4.69, 9.17) is 22.0 Å².